The molecule has 0 bridgehead atoms. The van der Waals surface area contributed by atoms with Crippen LogP contribution in [0.4, 0.5) is 0 Å². The van der Waals surface area contributed by atoms with Gasteiger partial charge in [0.15, 0.2) is 0 Å². The van der Waals surface area contributed by atoms with Gasteiger partial charge in [-0.25, -0.2) is 0 Å². The van der Waals surface area contributed by atoms with Gasteiger partial charge in [0.05, 0.1) is 0 Å². The molecule has 4 aromatic carbocycles. The summed E-state index contributed by atoms with van der Waals surface area (Å²) in [6, 6.07) is 19.1. The Bertz CT molecular complexity index is 1240. The molecule has 5 rings (SSSR count). The van der Waals surface area contributed by atoms with Gasteiger partial charge < -0.3 is 0 Å². The minimum absolute atomic E-state index is 0.109. The predicted octanol–water partition coefficient (Wildman–Crippen LogP) is 8.21. The second-order valence-corrected chi connectivity index (χ2v) is 9.37. The molecule has 0 N–H and O–H groups in total. The highest BCUT2D eigenvalue weighted by atomic mass is 127. The van der Waals surface area contributed by atoms with Crippen molar-refractivity contribution in [3.8, 4) is 11.1 Å². The molecule has 4 aromatic rings. The lowest BCUT2D eigenvalue weighted by atomic mass is 9.68. The van der Waals surface area contributed by atoms with E-state index >= 15 is 0 Å². The SMILES string of the molecule is CC1(C)c2cc(Cl)ccc2-c2c(I)c3ccc(Cl)cc3c3cccc1c23. The number of hydrogen-bond acceptors (Lipinski definition) is 0. The van der Waals surface area contributed by atoms with Crippen LogP contribution >= 0.6 is 45.8 Å². The van der Waals surface area contributed by atoms with Gasteiger partial charge in [0.2, 0.25) is 0 Å². The average molecular weight is 489 g/mol. The zero-order valence-electron chi connectivity index (χ0n) is 14.3. The quantitative estimate of drug-likeness (QED) is 0.173. The third-order valence-electron chi connectivity index (χ3n) is 5.64. The van der Waals surface area contributed by atoms with E-state index in [1.165, 1.54) is 47.4 Å². The zero-order valence-corrected chi connectivity index (χ0v) is 18.0. The Morgan fingerprint density at radius 2 is 1.50 bits per heavy atom. The highest BCUT2D eigenvalue weighted by Gasteiger charge is 2.35. The Balaban J connectivity index is 2.11. The maximum Gasteiger partial charge on any atom is 0.0412 e. The van der Waals surface area contributed by atoms with E-state index in [-0.39, 0.29) is 5.41 Å². The molecule has 0 aromatic heterocycles. The van der Waals surface area contributed by atoms with Gasteiger partial charge in [0, 0.05) is 24.6 Å². The minimum atomic E-state index is -0.109. The van der Waals surface area contributed by atoms with Gasteiger partial charge in [-0.3, -0.25) is 0 Å². The van der Waals surface area contributed by atoms with Crippen LogP contribution in [0.1, 0.15) is 25.0 Å². The van der Waals surface area contributed by atoms with Gasteiger partial charge >= 0.3 is 0 Å². The molecule has 1 aliphatic rings. The molecule has 0 aliphatic heterocycles. The minimum Gasteiger partial charge on any atom is -0.0843 e. The van der Waals surface area contributed by atoms with E-state index in [0.29, 0.717) is 0 Å². The number of hydrogen-bond donors (Lipinski definition) is 0. The standard InChI is InChI=1S/C23H15Cl2I/c1-23(2)18-5-3-4-14-17-10-12(24)6-8-15(17)22(26)21(20(14)18)16-9-7-13(25)11-19(16)23/h3-11H,1-2H3. The van der Waals surface area contributed by atoms with E-state index in [2.05, 4.69) is 78.9 Å². The fourth-order valence-corrected chi connectivity index (χ4v) is 5.77. The van der Waals surface area contributed by atoms with Gasteiger partial charge in [0.1, 0.15) is 0 Å². The van der Waals surface area contributed by atoms with Crippen molar-refractivity contribution in [1.82, 2.24) is 0 Å². The van der Waals surface area contributed by atoms with Crippen LogP contribution in [-0.4, -0.2) is 0 Å². The van der Waals surface area contributed by atoms with Crippen molar-refractivity contribution in [2.45, 2.75) is 19.3 Å². The smallest absolute Gasteiger partial charge is 0.0412 e. The van der Waals surface area contributed by atoms with Crippen molar-refractivity contribution in [1.29, 1.82) is 0 Å². The number of benzene rings is 4. The van der Waals surface area contributed by atoms with E-state index in [0.717, 1.165) is 10.0 Å². The van der Waals surface area contributed by atoms with Crippen molar-refractivity contribution in [3.05, 3.63) is 79.3 Å². The fraction of sp³-hybridized carbons (Fsp3) is 0.130. The summed E-state index contributed by atoms with van der Waals surface area (Å²) in [7, 11) is 0. The van der Waals surface area contributed by atoms with Gasteiger partial charge in [-0.15, -0.1) is 0 Å². The van der Waals surface area contributed by atoms with E-state index in [4.69, 9.17) is 23.2 Å². The molecule has 0 saturated carbocycles. The van der Waals surface area contributed by atoms with Crippen LogP contribution in [0.3, 0.4) is 0 Å². The van der Waals surface area contributed by atoms with Crippen molar-refractivity contribution < 1.29 is 0 Å². The van der Waals surface area contributed by atoms with Crippen LogP contribution in [0.15, 0.2) is 54.6 Å². The maximum atomic E-state index is 6.37. The largest absolute Gasteiger partial charge is 0.0843 e. The van der Waals surface area contributed by atoms with Gasteiger partial charge in [0.25, 0.3) is 0 Å². The molecule has 0 unspecified atom stereocenters. The first-order valence-corrected chi connectivity index (χ1v) is 10.4. The monoisotopic (exact) mass is 488 g/mol. The second-order valence-electron chi connectivity index (χ2n) is 7.42. The Morgan fingerprint density at radius 3 is 2.31 bits per heavy atom. The Kier molecular flexibility index (Phi) is 3.63. The molecule has 1 aliphatic carbocycles. The Morgan fingerprint density at radius 1 is 0.769 bits per heavy atom. The van der Waals surface area contributed by atoms with Crippen molar-refractivity contribution >= 4 is 67.3 Å². The van der Waals surface area contributed by atoms with Crippen molar-refractivity contribution in [2.75, 3.05) is 0 Å². The molecular weight excluding hydrogens is 474 g/mol. The summed E-state index contributed by atoms with van der Waals surface area (Å²) in [4.78, 5) is 0. The molecule has 3 heteroatoms. The molecule has 128 valence electrons. The van der Waals surface area contributed by atoms with E-state index in [1.54, 1.807) is 0 Å². The number of rotatable bonds is 0. The highest BCUT2D eigenvalue weighted by Crippen LogP contribution is 2.52. The molecule has 26 heavy (non-hydrogen) atoms. The normalized spacial score (nSPS) is 14.7. The molecule has 0 atom stereocenters. The molecular formula is C23H15Cl2I. The molecule has 0 radical (unpaired) electrons. The second kappa shape index (κ2) is 5.60. The summed E-state index contributed by atoms with van der Waals surface area (Å²) in [6.07, 6.45) is 0. The van der Waals surface area contributed by atoms with E-state index in [1.807, 2.05) is 12.1 Å². The molecule has 0 saturated heterocycles. The predicted molar refractivity (Wildman–Crippen MR) is 122 cm³/mol. The average Bonchev–Trinajstić information content (AvgIpc) is 2.61. The Labute approximate surface area is 176 Å². The van der Waals surface area contributed by atoms with Crippen LogP contribution in [0.25, 0.3) is 32.7 Å². The maximum absolute atomic E-state index is 6.37. The summed E-state index contributed by atoms with van der Waals surface area (Å²) in [5.41, 5.74) is 5.12. The van der Waals surface area contributed by atoms with Crippen LogP contribution < -0.4 is 0 Å². The summed E-state index contributed by atoms with van der Waals surface area (Å²) < 4.78 is 1.27. The van der Waals surface area contributed by atoms with Gasteiger partial charge in [-0.2, -0.15) is 0 Å². The topological polar surface area (TPSA) is 0 Å². The van der Waals surface area contributed by atoms with Gasteiger partial charge in [-0.1, -0.05) is 67.4 Å². The first-order valence-electron chi connectivity index (χ1n) is 8.54. The van der Waals surface area contributed by atoms with Crippen molar-refractivity contribution in [2.24, 2.45) is 0 Å². The summed E-state index contributed by atoms with van der Waals surface area (Å²) >= 11 is 15.2. The van der Waals surface area contributed by atoms with Crippen LogP contribution in [0, 0.1) is 3.57 Å². The van der Waals surface area contributed by atoms with E-state index < -0.39 is 0 Å². The highest BCUT2D eigenvalue weighted by molar-refractivity contribution is 14.1. The molecule has 0 fully saturated rings. The number of fused-ring (bicyclic) bond motifs is 4. The molecule has 0 heterocycles. The molecule has 0 amide bonds. The summed E-state index contributed by atoms with van der Waals surface area (Å²) in [5.74, 6) is 0. The molecule has 0 spiro atoms. The molecule has 0 nitrogen and oxygen atoms in total. The zero-order chi connectivity index (χ0) is 18.2. The number of halogens is 3. The summed E-state index contributed by atoms with van der Waals surface area (Å²) in [6.45, 7) is 4.57. The lowest BCUT2D eigenvalue weighted by Gasteiger charge is -2.36. The van der Waals surface area contributed by atoms with Crippen LogP contribution in [-0.2, 0) is 5.41 Å². The third kappa shape index (κ3) is 2.14. The van der Waals surface area contributed by atoms with Crippen LogP contribution in [0.5, 0.6) is 0 Å². The summed E-state index contributed by atoms with van der Waals surface area (Å²) in [5, 5.41) is 6.63. The lowest BCUT2D eigenvalue weighted by molar-refractivity contribution is 0.645. The van der Waals surface area contributed by atoms with Crippen molar-refractivity contribution in [3.63, 3.8) is 0 Å². The first kappa shape index (κ1) is 16.9. The van der Waals surface area contributed by atoms with E-state index in [9.17, 15) is 0 Å². The fourth-order valence-electron chi connectivity index (χ4n) is 4.39. The third-order valence-corrected chi connectivity index (χ3v) is 7.23. The van der Waals surface area contributed by atoms with Gasteiger partial charge in [-0.05, 0) is 85.1 Å². The lowest BCUT2D eigenvalue weighted by Crippen LogP contribution is -2.24. The Hall–Kier alpha value is -1.29. The van der Waals surface area contributed by atoms with Crippen LogP contribution in [0.2, 0.25) is 10.0 Å². The first-order chi connectivity index (χ1) is 12.4.